The standard InChI is InChI=1S/C40H28N2O8S2/c1-40(25-9-3-2-4-10-25,26-15-19-28(20-16-26)49-51(45,46)36-23-34(41)38(43)32-13-7-5-11-30(32)36)27-17-21-29(22-18-27)50-52(47,48)37-24-35(42)39(44)33-14-8-6-12-31(33)37/h2-24,41-42H,1H3. The Hall–Kier alpha value is -6.24. The Morgan fingerprint density at radius 1 is 0.462 bits per heavy atom. The van der Waals surface area contributed by atoms with E-state index < -0.39 is 48.6 Å². The maximum absolute atomic E-state index is 13.4. The molecular formula is C40H28N2O8S2. The van der Waals surface area contributed by atoms with Crippen molar-refractivity contribution in [2.75, 3.05) is 0 Å². The lowest BCUT2D eigenvalue weighted by atomic mass is 9.71. The lowest BCUT2D eigenvalue weighted by Gasteiger charge is -2.32. The molecule has 0 heterocycles. The first kappa shape index (κ1) is 34.2. The molecule has 2 aliphatic carbocycles. The van der Waals surface area contributed by atoms with Crippen LogP contribution in [-0.2, 0) is 25.7 Å². The van der Waals surface area contributed by atoms with Crippen LogP contribution < -0.4 is 8.37 Å². The fraction of sp³-hybridized carbons (Fsp3) is 0.0500. The first-order chi connectivity index (χ1) is 24.8. The third-order valence-electron chi connectivity index (χ3n) is 9.08. The Balaban J connectivity index is 1.18. The molecule has 2 aliphatic rings. The van der Waals surface area contributed by atoms with Gasteiger partial charge in [0.15, 0.2) is 0 Å². The summed E-state index contributed by atoms with van der Waals surface area (Å²) in [6, 6.07) is 34.8. The molecule has 0 spiro atoms. The smallest absolute Gasteiger partial charge is 0.339 e. The van der Waals surface area contributed by atoms with Crippen molar-refractivity contribution in [3.63, 3.8) is 0 Å². The summed E-state index contributed by atoms with van der Waals surface area (Å²) in [6.45, 7) is 1.97. The van der Waals surface area contributed by atoms with E-state index in [1.807, 2.05) is 37.3 Å². The molecule has 0 unspecified atom stereocenters. The molecule has 0 fully saturated rings. The maximum atomic E-state index is 13.4. The third-order valence-corrected chi connectivity index (χ3v) is 11.7. The summed E-state index contributed by atoms with van der Waals surface area (Å²) in [6.07, 6.45) is 1.99. The molecule has 0 atom stereocenters. The van der Waals surface area contributed by atoms with Gasteiger partial charge in [-0.25, -0.2) is 0 Å². The number of fused-ring (bicyclic) bond motifs is 2. The molecule has 0 aliphatic heterocycles. The van der Waals surface area contributed by atoms with Crippen LogP contribution in [0.5, 0.6) is 11.5 Å². The van der Waals surface area contributed by atoms with E-state index in [9.17, 15) is 26.4 Å². The SMILES string of the molecule is CC(c1ccccc1)(c1ccc(OS(=O)(=O)C2=CC(=N)C(=O)c3ccccc32)cc1)c1ccc(OS(=O)(=O)C2=CC(=N)C(=O)c3ccccc32)cc1. The zero-order valence-corrected chi connectivity index (χ0v) is 29.0. The van der Waals surface area contributed by atoms with Crippen molar-refractivity contribution in [2.24, 2.45) is 0 Å². The average Bonchev–Trinajstić information content (AvgIpc) is 3.15. The Morgan fingerprint density at radius 2 is 0.788 bits per heavy atom. The number of hydrogen-bond donors (Lipinski definition) is 2. The molecule has 2 N–H and O–H groups in total. The second kappa shape index (κ2) is 12.8. The monoisotopic (exact) mass is 728 g/mol. The maximum Gasteiger partial charge on any atom is 0.339 e. The number of allylic oxidation sites excluding steroid dienone is 2. The molecule has 0 bridgehead atoms. The molecule has 258 valence electrons. The number of benzene rings is 5. The van der Waals surface area contributed by atoms with Crippen LogP contribution in [0.1, 0.15) is 55.5 Å². The molecule has 12 heteroatoms. The van der Waals surface area contributed by atoms with Gasteiger partial charge in [0.25, 0.3) is 0 Å². The van der Waals surface area contributed by atoms with E-state index in [-0.39, 0.29) is 43.6 Å². The highest BCUT2D eigenvalue weighted by atomic mass is 32.2. The van der Waals surface area contributed by atoms with E-state index in [2.05, 4.69) is 0 Å². The summed E-state index contributed by atoms with van der Waals surface area (Å²) >= 11 is 0. The van der Waals surface area contributed by atoms with Crippen LogP contribution in [0.15, 0.2) is 140 Å². The van der Waals surface area contributed by atoms with Gasteiger partial charge in [0.2, 0.25) is 11.6 Å². The first-order valence-corrected chi connectivity index (χ1v) is 18.7. The summed E-state index contributed by atoms with van der Waals surface area (Å²) in [5.74, 6) is -1.12. The Labute approximate surface area is 300 Å². The summed E-state index contributed by atoms with van der Waals surface area (Å²) in [4.78, 5) is 24.4. The molecular weight excluding hydrogens is 701 g/mol. The Kier molecular flexibility index (Phi) is 8.44. The van der Waals surface area contributed by atoms with Gasteiger partial charge in [-0.05, 0) is 60.0 Å². The van der Waals surface area contributed by atoms with Crippen LogP contribution in [0, 0.1) is 10.8 Å². The highest BCUT2D eigenvalue weighted by Gasteiger charge is 2.35. The van der Waals surface area contributed by atoms with Gasteiger partial charge in [-0.1, -0.05) is 103 Å². The third kappa shape index (κ3) is 5.97. The van der Waals surface area contributed by atoms with E-state index in [0.717, 1.165) is 28.8 Å². The largest absolute Gasteiger partial charge is 0.379 e. The van der Waals surface area contributed by atoms with E-state index in [0.29, 0.717) is 0 Å². The molecule has 0 radical (unpaired) electrons. The highest BCUT2D eigenvalue weighted by molar-refractivity contribution is 7.97. The molecule has 52 heavy (non-hydrogen) atoms. The number of hydrogen-bond acceptors (Lipinski definition) is 10. The number of nitrogens with one attached hydrogen (secondary N) is 2. The average molecular weight is 729 g/mol. The predicted molar refractivity (Wildman–Crippen MR) is 197 cm³/mol. The summed E-state index contributed by atoms with van der Waals surface area (Å²) in [5.41, 5.74) is 1.18. The molecule has 5 aromatic carbocycles. The summed E-state index contributed by atoms with van der Waals surface area (Å²) in [7, 11) is -8.87. The minimum atomic E-state index is -4.44. The molecule has 0 saturated heterocycles. The molecule has 10 nitrogen and oxygen atoms in total. The van der Waals surface area contributed by atoms with E-state index in [1.165, 1.54) is 48.5 Å². The van der Waals surface area contributed by atoms with Crippen LogP contribution in [0.2, 0.25) is 0 Å². The Bertz CT molecular complexity index is 2450. The summed E-state index contributed by atoms with van der Waals surface area (Å²) < 4.78 is 64.7. The van der Waals surface area contributed by atoms with Gasteiger partial charge in [-0.3, -0.25) is 20.4 Å². The normalized spacial score (nSPS) is 15.5. The van der Waals surface area contributed by atoms with Gasteiger partial charge in [-0.2, -0.15) is 16.8 Å². The van der Waals surface area contributed by atoms with Gasteiger partial charge in [0, 0.05) is 27.7 Å². The van der Waals surface area contributed by atoms with Crippen LogP contribution in [0.4, 0.5) is 0 Å². The van der Waals surface area contributed by atoms with Crippen molar-refractivity contribution in [2.45, 2.75) is 12.3 Å². The van der Waals surface area contributed by atoms with Crippen LogP contribution >= 0.6 is 0 Å². The van der Waals surface area contributed by atoms with Crippen LogP contribution in [0.25, 0.3) is 9.81 Å². The minimum Gasteiger partial charge on any atom is -0.379 e. The van der Waals surface area contributed by atoms with Gasteiger partial charge in [0.05, 0.1) is 0 Å². The van der Waals surface area contributed by atoms with Crippen molar-refractivity contribution < 1.29 is 34.8 Å². The van der Waals surface area contributed by atoms with Crippen molar-refractivity contribution >= 4 is 53.0 Å². The van der Waals surface area contributed by atoms with E-state index in [4.69, 9.17) is 19.2 Å². The Morgan fingerprint density at radius 3 is 1.17 bits per heavy atom. The predicted octanol–water partition coefficient (Wildman–Crippen LogP) is 6.97. The van der Waals surface area contributed by atoms with Gasteiger partial charge in [0.1, 0.15) is 32.7 Å². The minimum absolute atomic E-state index is 0.0169. The quantitative estimate of drug-likeness (QED) is 0.121. The molecule has 5 aromatic rings. The zero-order valence-electron chi connectivity index (χ0n) is 27.4. The fourth-order valence-corrected chi connectivity index (χ4v) is 8.67. The highest BCUT2D eigenvalue weighted by Crippen LogP contribution is 2.41. The number of ketones is 2. The van der Waals surface area contributed by atoms with Crippen molar-refractivity contribution in [3.05, 3.63) is 178 Å². The van der Waals surface area contributed by atoms with Crippen LogP contribution in [0.3, 0.4) is 0 Å². The second-order valence-corrected chi connectivity index (χ2v) is 15.2. The lowest BCUT2D eigenvalue weighted by molar-refractivity contribution is 0.105. The lowest BCUT2D eigenvalue weighted by Crippen LogP contribution is -2.25. The van der Waals surface area contributed by atoms with Crippen molar-refractivity contribution in [1.82, 2.24) is 0 Å². The molecule has 7 rings (SSSR count). The van der Waals surface area contributed by atoms with E-state index >= 15 is 0 Å². The number of rotatable bonds is 9. The van der Waals surface area contributed by atoms with Crippen molar-refractivity contribution in [1.29, 1.82) is 10.8 Å². The zero-order chi connectivity index (χ0) is 36.8. The number of carbonyl (C=O) groups is 2. The number of Topliss-reactive ketones (excluding diaryl/α,β-unsaturated/α-hetero) is 2. The summed E-state index contributed by atoms with van der Waals surface area (Å²) in [5, 5.41) is 16.0. The first-order valence-electron chi connectivity index (χ1n) is 15.8. The van der Waals surface area contributed by atoms with E-state index in [1.54, 1.807) is 48.5 Å². The second-order valence-electron chi connectivity index (χ2n) is 12.2. The fourth-order valence-electron chi connectivity index (χ4n) is 6.35. The molecule has 0 saturated carbocycles. The van der Waals surface area contributed by atoms with Crippen molar-refractivity contribution in [3.8, 4) is 11.5 Å². The van der Waals surface area contributed by atoms with Gasteiger partial charge in [-0.15, -0.1) is 0 Å². The number of carbonyl (C=O) groups excluding carboxylic acids is 2. The molecule has 0 amide bonds. The topological polar surface area (TPSA) is 169 Å². The van der Waals surface area contributed by atoms with Gasteiger partial charge >= 0.3 is 20.2 Å². The van der Waals surface area contributed by atoms with Gasteiger partial charge < -0.3 is 8.37 Å². The van der Waals surface area contributed by atoms with Crippen LogP contribution in [-0.4, -0.2) is 39.8 Å². The molecule has 0 aromatic heterocycles.